The van der Waals surface area contributed by atoms with E-state index in [9.17, 15) is 9.18 Å². The molecule has 0 amide bonds. The minimum Gasteiger partial charge on any atom is -0.377 e. The number of nitrogens with one attached hydrogen (secondary N) is 1. The van der Waals surface area contributed by atoms with Crippen LogP contribution in [-0.2, 0) is 6.54 Å². The fourth-order valence-electron chi connectivity index (χ4n) is 2.60. The summed E-state index contributed by atoms with van der Waals surface area (Å²) in [7, 11) is 0. The molecular weight excluding hydrogens is 287 g/mol. The Balaban J connectivity index is 1.90. The van der Waals surface area contributed by atoms with Gasteiger partial charge in [-0.05, 0) is 31.0 Å². The van der Waals surface area contributed by atoms with Gasteiger partial charge in [0.1, 0.15) is 5.82 Å². The first-order valence-corrected chi connectivity index (χ1v) is 8.06. The summed E-state index contributed by atoms with van der Waals surface area (Å²) in [6.45, 7) is 2.58. The molecule has 0 fully saturated rings. The van der Waals surface area contributed by atoms with E-state index in [-0.39, 0.29) is 17.4 Å². The highest BCUT2D eigenvalue weighted by Gasteiger charge is 2.23. The summed E-state index contributed by atoms with van der Waals surface area (Å²) in [4.78, 5) is 12.4. The van der Waals surface area contributed by atoms with Gasteiger partial charge in [-0.25, -0.2) is 4.39 Å². The predicted molar refractivity (Wildman–Crippen MR) is 84.5 cm³/mol. The van der Waals surface area contributed by atoms with E-state index in [1.807, 2.05) is 19.2 Å². The van der Waals surface area contributed by atoms with Crippen LogP contribution in [0.15, 0.2) is 46.2 Å². The van der Waals surface area contributed by atoms with Crippen LogP contribution in [-0.4, -0.2) is 10.3 Å². The predicted octanol–water partition coefficient (Wildman–Crippen LogP) is 3.66. The summed E-state index contributed by atoms with van der Waals surface area (Å²) < 4.78 is 15.5. The standard InChI is InChI=1S/C16H17FN2OS/c1-2-19-10-11(6-7-15(19)20)18-14-8-9-21-16-12(14)4-3-5-13(16)17/h3-7,10,14,18H,2,8-9H2,1H3. The molecule has 21 heavy (non-hydrogen) atoms. The third-order valence-corrected chi connectivity index (χ3v) is 4.85. The van der Waals surface area contributed by atoms with Crippen LogP contribution in [0.2, 0.25) is 0 Å². The largest absolute Gasteiger partial charge is 0.377 e. The Hall–Kier alpha value is -1.75. The lowest BCUT2D eigenvalue weighted by Gasteiger charge is -2.27. The van der Waals surface area contributed by atoms with E-state index in [1.165, 1.54) is 6.07 Å². The second-order valence-corrected chi connectivity index (χ2v) is 6.14. The molecule has 1 atom stereocenters. The monoisotopic (exact) mass is 304 g/mol. The van der Waals surface area contributed by atoms with E-state index < -0.39 is 0 Å². The smallest absolute Gasteiger partial charge is 0.250 e. The number of aryl methyl sites for hydroxylation is 1. The molecule has 1 aliphatic heterocycles. The molecule has 110 valence electrons. The number of thioether (sulfide) groups is 1. The molecule has 1 aliphatic rings. The van der Waals surface area contributed by atoms with Crippen LogP contribution in [0, 0.1) is 5.82 Å². The molecule has 1 N–H and O–H groups in total. The van der Waals surface area contributed by atoms with Gasteiger partial charge in [-0.15, -0.1) is 11.8 Å². The average Bonchev–Trinajstić information content (AvgIpc) is 2.50. The zero-order valence-corrected chi connectivity index (χ0v) is 12.6. The Morgan fingerprint density at radius 2 is 2.24 bits per heavy atom. The third kappa shape index (κ3) is 2.83. The van der Waals surface area contributed by atoms with Gasteiger partial charge >= 0.3 is 0 Å². The molecule has 2 heterocycles. The highest BCUT2D eigenvalue weighted by Crippen LogP contribution is 2.39. The van der Waals surface area contributed by atoms with Gasteiger partial charge in [-0.2, -0.15) is 0 Å². The Bertz CT molecular complexity index is 714. The molecule has 0 saturated heterocycles. The first-order valence-electron chi connectivity index (χ1n) is 7.07. The molecule has 3 nitrogen and oxygen atoms in total. The van der Waals surface area contributed by atoms with Crippen LogP contribution < -0.4 is 10.9 Å². The van der Waals surface area contributed by atoms with Crippen LogP contribution in [0.3, 0.4) is 0 Å². The highest BCUT2D eigenvalue weighted by molar-refractivity contribution is 7.99. The third-order valence-electron chi connectivity index (χ3n) is 3.69. The van der Waals surface area contributed by atoms with E-state index in [2.05, 4.69) is 5.32 Å². The summed E-state index contributed by atoms with van der Waals surface area (Å²) in [6.07, 6.45) is 2.76. The topological polar surface area (TPSA) is 34.0 Å². The maximum Gasteiger partial charge on any atom is 0.250 e. The van der Waals surface area contributed by atoms with Crippen molar-refractivity contribution in [1.82, 2.24) is 4.57 Å². The van der Waals surface area contributed by atoms with Gasteiger partial charge in [0.25, 0.3) is 5.56 Å². The number of benzene rings is 1. The number of hydrogen-bond acceptors (Lipinski definition) is 3. The van der Waals surface area contributed by atoms with E-state index in [0.29, 0.717) is 6.54 Å². The minimum absolute atomic E-state index is 0.00584. The number of aromatic nitrogens is 1. The lowest BCUT2D eigenvalue weighted by Crippen LogP contribution is -2.21. The van der Waals surface area contributed by atoms with Crippen molar-refractivity contribution in [3.8, 4) is 0 Å². The van der Waals surface area contributed by atoms with Gasteiger partial charge in [0.15, 0.2) is 0 Å². The zero-order valence-electron chi connectivity index (χ0n) is 11.8. The average molecular weight is 304 g/mol. The van der Waals surface area contributed by atoms with Gasteiger partial charge in [0.05, 0.1) is 11.7 Å². The number of hydrogen-bond donors (Lipinski definition) is 1. The van der Waals surface area contributed by atoms with Crippen LogP contribution in [0.25, 0.3) is 0 Å². The molecule has 0 spiro atoms. The Morgan fingerprint density at radius 3 is 3.05 bits per heavy atom. The molecule has 5 heteroatoms. The summed E-state index contributed by atoms with van der Waals surface area (Å²) in [6, 6.07) is 8.66. The van der Waals surface area contributed by atoms with E-state index >= 15 is 0 Å². The Kier molecular flexibility index (Phi) is 4.01. The lowest BCUT2D eigenvalue weighted by atomic mass is 10.0. The van der Waals surface area contributed by atoms with Crippen molar-refractivity contribution >= 4 is 17.4 Å². The minimum atomic E-state index is -0.150. The van der Waals surface area contributed by atoms with E-state index in [1.54, 1.807) is 34.5 Å². The second kappa shape index (κ2) is 5.93. The summed E-state index contributed by atoms with van der Waals surface area (Å²) in [5, 5.41) is 3.43. The van der Waals surface area contributed by atoms with Crippen LogP contribution in [0.1, 0.15) is 24.9 Å². The van der Waals surface area contributed by atoms with Crippen molar-refractivity contribution in [3.63, 3.8) is 0 Å². The quantitative estimate of drug-likeness (QED) is 0.939. The second-order valence-electron chi connectivity index (χ2n) is 5.03. The molecule has 3 rings (SSSR count). The van der Waals surface area contributed by atoms with Gasteiger partial charge in [0, 0.05) is 29.5 Å². The van der Waals surface area contributed by atoms with Crippen molar-refractivity contribution in [3.05, 3.63) is 58.3 Å². The summed E-state index contributed by atoms with van der Waals surface area (Å²) >= 11 is 1.57. The van der Waals surface area contributed by atoms with Gasteiger partial charge < -0.3 is 9.88 Å². The van der Waals surface area contributed by atoms with E-state index in [4.69, 9.17) is 0 Å². The molecule has 1 aromatic heterocycles. The van der Waals surface area contributed by atoms with Gasteiger partial charge in [-0.1, -0.05) is 12.1 Å². The zero-order chi connectivity index (χ0) is 14.8. The number of fused-ring (bicyclic) bond motifs is 1. The molecule has 0 aliphatic carbocycles. The summed E-state index contributed by atoms with van der Waals surface area (Å²) in [5.41, 5.74) is 1.89. The van der Waals surface area contributed by atoms with Crippen LogP contribution in [0.5, 0.6) is 0 Å². The number of halogens is 1. The first-order chi connectivity index (χ1) is 10.2. The molecule has 0 bridgehead atoms. The maximum atomic E-state index is 13.9. The molecule has 1 aromatic carbocycles. The molecule has 0 radical (unpaired) electrons. The highest BCUT2D eigenvalue weighted by atomic mass is 32.2. The summed E-state index contributed by atoms with van der Waals surface area (Å²) in [5.74, 6) is 0.737. The fourth-order valence-corrected chi connectivity index (χ4v) is 3.74. The SMILES string of the molecule is CCn1cc(NC2CCSc3c(F)cccc32)ccc1=O. The number of anilines is 1. The van der Waals surface area contributed by atoms with Crippen LogP contribution >= 0.6 is 11.8 Å². The number of rotatable bonds is 3. The molecule has 1 unspecified atom stereocenters. The number of nitrogens with zero attached hydrogens (tertiary/aromatic N) is 1. The van der Waals surface area contributed by atoms with Gasteiger partial charge in [-0.3, -0.25) is 4.79 Å². The van der Waals surface area contributed by atoms with Crippen LogP contribution in [0.4, 0.5) is 10.1 Å². The lowest BCUT2D eigenvalue weighted by molar-refractivity contribution is 0.585. The van der Waals surface area contributed by atoms with Crippen molar-refractivity contribution < 1.29 is 4.39 Å². The molecular formula is C16H17FN2OS. The maximum absolute atomic E-state index is 13.9. The fraction of sp³-hybridized carbons (Fsp3) is 0.312. The normalized spacial score (nSPS) is 17.3. The van der Waals surface area contributed by atoms with Crippen molar-refractivity contribution in [2.24, 2.45) is 0 Å². The van der Waals surface area contributed by atoms with Crippen molar-refractivity contribution in [2.45, 2.75) is 30.8 Å². The number of pyridine rings is 1. The van der Waals surface area contributed by atoms with E-state index in [0.717, 1.165) is 28.3 Å². The molecule has 2 aromatic rings. The Morgan fingerprint density at radius 1 is 1.38 bits per heavy atom. The van der Waals surface area contributed by atoms with Crippen molar-refractivity contribution in [2.75, 3.05) is 11.1 Å². The Labute approximate surface area is 127 Å². The van der Waals surface area contributed by atoms with Gasteiger partial charge in [0.2, 0.25) is 0 Å². The first kappa shape index (κ1) is 14.2. The molecule has 0 saturated carbocycles. The van der Waals surface area contributed by atoms with Crippen molar-refractivity contribution in [1.29, 1.82) is 0 Å².